The molecule has 0 spiro atoms. The van der Waals surface area contributed by atoms with E-state index >= 15 is 0 Å². The van der Waals surface area contributed by atoms with E-state index in [1.807, 2.05) is 48.7 Å². The fourth-order valence-corrected chi connectivity index (χ4v) is 4.05. The number of unbranched alkanes of at least 4 members (excludes halogenated alkanes) is 1. The van der Waals surface area contributed by atoms with Gasteiger partial charge in [0.05, 0.1) is 35.5 Å². The van der Waals surface area contributed by atoms with Gasteiger partial charge in [0.2, 0.25) is 0 Å². The summed E-state index contributed by atoms with van der Waals surface area (Å²) in [5.74, 6) is -0.359. The van der Waals surface area contributed by atoms with E-state index in [-0.39, 0.29) is 5.97 Å². The van der Waals surface area contributed by atoms with Crippen LogP contribution in [0.15, 0.2) is 66.9 Å². The molecular formula is C27H25N3O2. The highest BCUT2D eigenvalue weighted by Gasteiger charge is 2.20. The third-order valence-corrected chi connectivity index (χ3v) is 5.70. The van der Waals surface area contributed by atoms with E-state index in [9.17, 15) is 10.1 Å². The summed E-state index contributed by atoms with van der Waals surface area (Å²) in [6, 6.07) is 21.7. The van der Waals surface area contributed by atoms with Crippen molar-refractivity contribution in [2.75, 3.05) is 7.11 Å². The molecule has 0 atom stereocenters. The molecule has 0 aliphatic carbocycles. The van der Waals surface area contributed by atoms with E-state index in [1.165, 1.54) is 7.11 Å². The second-order valence-corrected chi connectivity index (χ2v) is 7.77. The van der Waals surface area contributed by atoms with Crippen molar-refractivity contribution in [3.05, 3.63) is 94.8 Å². The normalized spacial score (nSPS) is 10.8. The Kier molecular flexibility index (Phi) is 6.32. The Bertz CT molecular complexity index is 1300. The molecule has 2 aromatic heterocycles. The number of hydrogen-bond donors (Lipinski definition) is 0. The van der Waals surface area contributed by atoms with Crippen LogP contribution in [0, 0.1) is 11.3 Å². The first-order valence-electron chi connectivity index (χ1n) is 10.8. The second-order valence-electron chi connectivity index (χ2n) is 7.77. The first-order valence-corrected chi connectivity index (χ1v) is 10.8. The number of methoxy groups -OCH3 is 1. The highest BCUT2D eigenvalue weighted by atomic mass is 16.5. The molecule has 4 rings (SSSR count). The molecule has 5 heteroatoms. The van der Waals surface area contributed by atoms with Crippen LogP contribution in [0.2, 0.25) is 0 Å². The van der Waals surface area contributed by atoms with Gasteiger partial charge in [-0.1, -0.05) is 55.8 Å². The van der Waals surface area contributed by atoms with Gasteiger partial charge in [-0.2, -0.15) is 10.4 Å². The third-order valence-electron chi connectivity index (χ3n) is 5.70. The summed E-state index contributed by atoms with van der Waals surface area (Å²) in [5.41, 5.74) is 7.13. The Balaban J connectivity index is 1.74. The van der Waals surface area contributed by atoms with Crippen molar-refractivity contribution < 1.29 is 9.53 Å². The molecule has 5 nitrogen and oxygen atoms in total. The van der Waals surface area contributed by atoms with E-state index in [0.717, 1.165) is 52.7 Å². The Morgan fingerprint density at radius 3 is 2.59 bits per heavy atom. The first-order chi connectivity index (χ1) is 15.7. The summed E-state index contributed by atoms with van der Waals surface area (Å²) in [6.45, 7) is 2.16. The topological polar surface area (TPSA) is 67.4 Å². The summed E-state index contributed by atoms with van der Waals surface area (Å²) >= 11 is 0. The summed E-state index contributed by atoms with van der Waals surface area (Å²) in [7, 11) is 1.40. The molecule has 0 radical (unpaired) electrons. The molecule has 0 N–H and O–H groups in total. The number of nitriles is 1. The van der Waals surface area contributed by atoms with Crippen molar-refractivity contribution in [1.82, 2.24) is 9.61 Å². The number of esters is 1. The van der Waals surface area contributed by atoms with Crippen molar-refractivity contribution in [3.63, 3.8) is 0 Å². The SMILES string of the molecule is CCCCc1nn2cccc(C(=O)OC)c2c1Cc1ccc(-c2ccccc2C#N)cc1. The predicted molar refractivity (Wildman–Crippen MR) is 125 cm³/mol. The number of rotatable bonds is 7. The third kappa shape index (κ3) is 4.13. The number of aryl methyl sites for hydroxylation is 1. The summed E-state index contributed by atoms with van der Waals surface area (Å²) in [4.78, 5) is 12.4. The number of fused-ring (bicyclic) bond motifs is 1. The Labute approximate surface area is 187 Å². The zero-order valence-electron chi connectivity index (χ0n) is 18.3. The highest BCUT2D eigenvalue weighted by Crippen LogP contribution is 2.27. The molecular weight excluding hydrogens is 398 g/mol. The number of hydrogen-bond acceptors (Lipinski definition) is 4. The number of carbonyl (C=O) groups is 1. The minimum atomic E-state index is -0.359. The molecule has 0 unspecified atom stereocenters. The molecule has 0 fully saturated rings. The van der Waals surface area contributed by atoms with Crippen LogP contribution >= 0.6 is 0 Å². The van der Waals surface area contributed by atoms with Crippen molar-refractivity contribution in [2.24, 2.45) is 0 Å². The minimum absolute atomic E-state index is 0.359. The van der Waals surface area contributed by atoms with Crippen molar-refractivity contribution in [3.8, 4) is 17.2 Å². The number of carbonyl (C=O) groups excluding carboxylic acids is 1. The number of benzene rings is 2. The van der Waals surface area contributed by atoms with Gasteiger partial charge in [0.25, 0.3) is 0 Å². The summed E-state index contributed by atoms with van der Waals surface area (Å²) in [6.07, 6.45) is 5.51. The Hall–Kier alpha value is -3.91. The van der Waals surface area contributed by atoms with Crippen molar-refractivity contribution in [1.29, 1.82) is 5.26 Å². The lowest BCUT2D eigenvalue weighted by Gasteiger charge is -2.08. The number of ether oxygens (including phenoxy) is 1. The quantitative estimate of drug-likeness (QED) is 0.363. The van der Waals surface area contributed by atoms with Crippen molar-refractivity contribution >= 4 is 11.5 Å². The molecule has 0 saturated carbocycles. The van der Waals surface area contributed by atoms with Gasteiger partial charge in [-0.05, 0) is 47.7 Å². The van der Waals surface area contributed by atoms with Crippen LogP contribution < -0.4 is 0 Å². The maximum Gasteiger partial charge on any atom is 0.340 e. The molecule has 0 saturated heterocycles. The lowest BCUT2D eigenvalue weighted by atomic mass is 9.96. The fraction of sp³-hybridized carbons (Fsp3) is 0.222. The van der Waals surface area contributed by atoms with Gasteiger partial charge in [-0.15, -0.1) is 0 Å². The van der Waals surface area contributed by atoms with E-state index in [1.54, 1.807) is 10.6 Å². The van der Waals surface area contributed by atoms with Crippen LogP contribution in [0.1, 0.15) is 52.5 Å². The minimum Gasteiger partial charge on any atom is -0.465 e. The van der Waals surface area contributed by atoms with Crippen LogP contribution in [0.25, 0.3) is 16.6 Å². The zero-order chi connectivity index (χ0) is 22.5. The Morgan fingerprint density at radius 2 is 1.88 bits per heavy atom. The number of aromatic nitrogens is 2. The van der Waals surface area contributed by atoms with E-state index in [4.69, 9.17) is 9.84 Å². The number of pyridine rings is 1. The predicted octanol–water partition coefficient (Wildman–Crippen LogP) is 5.59. The first kappa shape index (κ1) is 21.3. The molecule has 0 bridgehead atoms. The molecule has 0 aliphatic heterocycles. The van der Waals surface area contributed by atoms with Gasteiger partial charge in [0.15, 0.2) is 0 Å². The number of nitrogens with zero attached hydrogens (tertiary/aromatic N) is 3. The monoisotopic (exact) mass is 423 g/mol. The average Bonchev–Trinajstić information content (AvgIpc) is 3.19. The van der Waals surface area contributed by atoms with Crippen LogP contribution in [0.4, 0.5) is 0 Å². The Morgan fingerprint density at radius 1 is 1.09 bits per heavy atom. The molecule has 0 aliphatic rings. The van der Waals surface area contributed by atoms with Gasteiger partial charge in [0.1, 0.15) is 0 Å². The molecule has 0 amide bonds. The van der Waals surface area contributed by atoms with Gasteiger partial charge in [0, 0.05) is 18.2 Å². The standard InChI is InChI=1S/C27H25N3O2/c1-3-4-11-25-24(26-23(27(31)32-2)10-7-16-30(26)29-25)17-19-12-14-20(15-13-19)22-9-6-5-8-21(22)18-28/h5-10,12-16H,3-4,11,17H2,1-2H3. The highest BCUT2D eigenvalue weighted by molar-refractivity contribution is 5.98. The second kappa shape index (κ2) is 9.49. The summed E-state index contributed by atoms with van der Waals surface area (Å²) in [5, 5.41) is 14.2. The van der Waals surface area contributed by atoms with Crippen LogP contribution in [0.3, 0.4) is 0 Å². The molecule has 2 aromatic carbocycles. The van der Waals surface area contributed by atoms with Crippen LogP contribution in [0.5, 0.6) is 0 Å². The molecule has 32 heavy (non-hydrogen) atoms. The average molecular weight is 424 g/mol. The molecule has 2 heterocycles. The van der Waals surface area contributed by atoms with Gasteiger partial charge in [-0.3, -0.25) is 0 Å². The van der Waals surface area contributed by atoms with Gasteiger partial charge >= 0.3 is 5.97 Å². The smallest absolute Gasteiger partial charge is 0.340 e. The summed E-state index contributed by atoms with van der Waals surface area (Å²) < 4.78 is 6.82. The van der Waals surface area contributed by atoms with Crippen LogP contribution in [-0.4, -0.2) is 22.7 Å². The van der Waals surface area contributed by atoms with E-state index in [2.05, 4.69) is 25.1 Å². The largest absolute Gasteiger partial charge is 0.465 e. The molecule has 4 aromatic rings. The van der Waals surface area contributed by atoms with Crippen LogP contribution in [-0.2, 0) is 17.6 Å². The van der Waals surface area contributed by atoms with Crippen molar-refractivity contribution in [2.45, 2.75) is 32.6 Å². The fourth-order valence-electron chi connectivity index (χ4n) is 4.05. The lowest BCUT2D eigenvalue weighted by molar-refractivity contribution is 0.0602. The zero-order valence-corrected chi connectivity index (χ0v) is 18.3. The maximum atomic E-state index is 12.4. The van der Waals surface area contributed by atoms with Gasteiger partial charge < -0.3 is 4.74 Å². The van der Waals surface area contributed by atoms with Gasteiger partial charge in [-0.25, -0.2) is 9.31 Å². The lowest BCUT2D eigenvalue weighted by Crippen LogP contribution is -2.05. The molecule has 160 valence electrons. The maximum absolute atomic E-state index is 12.4. The van der Waals surface area contributed by atoms with E-state index < -0.39 is 0 Å². The van der Waals surface area contributed by atoms with E-state index in [0.29, 0.717) is 17.5 Å².